The molecule has 0 unspecified atom stereocenters. The third-order valence-corrected chi connectivity index (χ3v) is 14.2. The van der Waals surface area contributed by atoms with Crippen LogP contribution in [-0.4, -0.2) is 94.8 Å². The van der Waals surface area contributed by atoms with Crippen molar-refractivity contribution >= 4 is 44.9 Å². The summed E-state index contributed by atoms with van der Waals surface area (Å²) in [4.78, 5) is 66.9. The van der Waals surface area contributed by atoms with Gasteiger partial charge in [0.2, 0.25) is 27.7 Å². The summed E-state index contributed by atoms with van der Waals surface area (Å²) in [6.45, 7) is 5.23. The van der Waals surface area contributed by atoms with Gasteiger partial charge in [-0.1, -0.05) is 25.0 Å². The van der Waals surface area contributed by atoms with E-state index >= 15 is 0 Å². The molecule has 7 rings (SSSR count). The standard InChI is InChI=1S/C39H52N6O9S/c1-24-33(41-30-20-26(52-4)14-15-28(30)40-24)53-27-21-31-32(46)43-39(35(48)44-55(50,51)38(3)18-19-38)22-25(39)12-8-6-5-7-9-13-29(34(47)45(31)23-27)42-36(49)54-37(2)16-10-11-17-37/h8,12,14-15,20,25,27,29,31H,5-7,9-11,13,16-19,21-23H2,1-4H3,(H,42,49)(H,43,46)(H,44,48)/b12-8-/t25-,27-,29+,31+,39-/m1/s1. The highest BCUT2D eigenvalue weighted by Gasteiger charge is 2.63. The molecule has 298 valence electrons. The average molecular weight is 781 g/mol. The first-order valence-corrected chi connectivity index (χ1v) is 21.0. The van der Waals surface area contributed by atoms with Crippen LogP contribution in [0.2, 0.25) is 0 Å². The number of methoxy groups -OCH3 is 1. The van der Waals surface area contributed by atoms with Crippen LogP contribution < -0.4 is 24.8 Å². The van der Waals surface area contributed by atoms with Crippen molar-refractivity contribution in [3.05, 3.63) is 36.0 Å². The highest BCUT2D eigenvalue weighted by Crippen LogP contribution is 2.47. The normalized spacial score (nSPS) is 29.4. The van der Waals surface area contributed by atoms with Crippen molar-refractivity contribution in [1.82, 2.24) is 30.2 Å². The van der Waals surface area contributed by atoms with E-state index < -0.39 is 73.8 Å². The van der Waals surface area contributed by atoms with Gasteiger partial charge < -0.3 is 29.7 Å². The van der Waals surface area contributed by atoms with Gasteiger partial charge in [0, 0.05) is 18.4 Å². The number of ether oxygens (including phenoxy) is 3. The molecule has 3 heterocycles. The number of aryl methyl sites for hydroxylation is 1. The van der Waals surface area contributed by atoms with Crippen LogP contribution in [0.15, 0.2) is 30.4 Å². The van der Waals surface area contributed by atoms with Crippen LogP contribution in [0.1, 0.15) is 103 Å². The maximum Gasteiger partial charge on any atom is 0.408 e. The molecule has 3 N–H and O–H groups in total. The van der Waals surface area contributed by atoms with E-state index in [1.54, 1.807) is 39.2 Å². The zero-order valence-corrected chi connectivity index (χ0v) is 32.8. The van der Waals surface area contributed by atoms with Crippen LogP contribution in [0.25, 0.3) is 11.0 Å². The lowest BCUT2D eigenvalue weighted by atomic mass is 10.0. The van der Waals surface area contributed by atoms with Crippen LogP contribution in [0, 0.1) is 12.8 Å². The van der Waals surface area contributed by atoms with Gasteiger partial charge in [0.05, 0.1) is 29.4 Å². The van der Waals surface area contributed by atoms with E-state index in [2.05, 4.69) is 25.3 Å². The molecule has 1 saturated heterocycles. The molecule has 55 heavy (non-hydrogen) atoms. The molecular weight excluding hydrogens is 729 g/mol. The number of hydrogen-bond acceptors (Lipinski definition) is 11. The smallest absolute Gasteiger partial charge is 0.408 e. The Balaban J connectivity index is 1.18. The minimum atomic E-state index is -3.99. The summed E-state index contributed by atoms with van der Waals surface area (Å²) >= 11 is 0. The molecule has 5 atom stereocenters. The Morgan fingerprint density at radius 1 is 1.00 bits per heavy atom. The first-order valence-electron chi connectivity index (χ1n) is 19.5. The summed E-state index contributed by atoms with van der Waals surface area (Å²) in [7, 11) is -2.43. The Labute approximate surface area is 321 Å². The van der Waals surface area contributed by atoms with Gasteiger partial charge in [-0.3, -0.25) is 19.1 Å². The number of fused-ring (bicyclic) bond motifs is 3. The molecule has 2 aromatic rings. The Morgan fingerprint density at radius 2 is 1.76 bits per heavy atom. The van der Waals surface area contributed by atoms with Gasteiger partial charge in [0.25, 0.3) is 5.91 Å². The fourth-order valence-corrected chi connectivity index (χ4v) is 9.38. The fraction of sp³-hybridized carbons (Fsp3) is 0.641. The summed E-state index contributed by atoms with van der Waals surface area (Å²) in [6, 6.07) is 3.21. The predicted molar refractivity (Wildman–Crippen MR) is 202 cm³/mol. The van der Waals surface area contributed by atoms with E-state index in [1.807, 2.05) is 19.1 Å². The van der Waals surface area contributed by atoms with Gasteiger partial charge >= 0.3 is 6.09 Å². The van der Waals surface area contributed by atoms with Gasteiger partial charge in [-0.15, -0.1) is 0 Å². The van der Waals surface area contributed by atoms with Crippen LogP contribution >= 0.6 is 0 Å². The second-order valence-electron chi connectivity index (χ2n) is 16.4. The van der Waals surface area contributed by atoms with Gasteiger partial charge in [-0.2, -0.15) is 0 Å². The maximum absolute atomic E-state index is 14.6. The molecule has 2 aliphatic heterocycles. The van der Waals surface area contributed by atoms with Crippen molar-refractivity contribution in [2.75, 3.05) is 13.7 Å². The van der Waals surface area contributed by atoms with Crippen molar-refractivity contribution in [3.8, 4) is 11.6 Å². The number of amides is 4. The molecule has 4 fully saturated rings. The summed E-state index contributed by atoms with van der Waals surface area (Å²) < 4.78 is 45.1. The number of allylic oxidation sites excluding steroid dienone is 1. The van der Waals surface area contributed by atoms with Crippen molar-refractivity contribution in [1.29, 1.82) is 0 Å². The molecule has 16 heteroatoms. The minimum absolute atomic E-state index is 0.0195. The summed E-state index contributed by atoms with van der Waals surface area (Å²) in [5.74, 6) is -1.51. The average Bonchev–Trinajstić information content (AvgIpc) is 3.94. The van der Waals surface area contributed by atoms with Gasteiger partial charge in [0.1, 0.15) is 40.8 Å². The number of carbonyl (C=O) groups is 4. The lowest BCUT2D eigenvalue weighted by Crippen LogP contribution is -2.58. The van der Waals surface area contributed by atoms with Gasteiger partial charge in [-0.05, 0) is 97.1 Å². The molecule has 0 spiro atoms. The Kier molecular flexibility index (Phi) is 10.5. The van der Waals surface area contributed by atoms with E-state index in [-0.39, 0.29) is 25.3 Å². The SMILES string of the molecule is COc1ccc2nc(C)c(O[C@@H]3C[C@H]4C(=O)N[C@]5(C(=O)NS(=O)(=O)C6(C)CC6)C[C@H]5/C=C\CCCCC[C@H](NC(=O)OC5(C)CCCC5)C(=O)N4C3)nc2c1. The highest BCUT2D eigenvalue weighted by atomic mass is 32.2. The van der Waals surface area contributed by atoms with Crippen LogP contribution in [-0.2, 0) is 29.1 Å². The Bertz CT molecular complexity index is 2000. The summed E-state index contributed by atoms with van der Waals surface area (Å²) in [5.41, 5.74) is -0.444. The molecule has 5 aliphatic rings. The molecule has 0 bridgehead atoms. The summed E-state index contributed by atoms with van der Waals surface area (Å²) in [6.07, 6.45) is 10.2. The lowest BCUT2D eigenvalue weighted by Gasteiger charge is -2.31. The van der Waals surface area contributed by atoms with E-state index in [0.29, 0.717) is 54.6 Å². The lowest BCUT2D eigenvalue weighted by molar-refractivity contribution is -0.141. The van der Waals surface area contributed by atoms with Gasteiger partial charge in [0.15, 0.2) is 0 Å². The highest BCUT2D eigenvalue weighted by molar-refractivity contribution is 7.91. The van der Waals surface area contributed by atoms with Crippen molar-refractivity contribution in [2.24, 2.45) is 5.92 Å². The molecule has 4 amide bonds. The monoisotopic (exact) mass is 780 g/mol. The van der Waals surface area contributed by atoms with E-state index in [0.717, 1.165) is 38.5 Å². The number of sulfonamides is 1. The van der Waals surface area contributed by atoms with E-state index in [4.69, 9.17) is 14.2 Å². The third kappa shape index (κ3) is 8.10. The van der Waals surface area contributed by atoms with Crippen LogP contribution in [0.4, 0.5) is 4.79 Å². The van der Waals surface area contributed by atoms with Crippen molar-refractivity contribution < 1.29 is 41.8 Å². The second-order valence-corrected chi connectivity index (χ2v) is 18.6. The quantitative estimate of drug-likeness (QED) is 0.326. The molecular formula is C39H52N6O9S. The molecule has 15 nitrogen and oxygen atoms in total. The number of aromatic nitrogens is 2. The van der Waals surface area contributed by atoms with E-state index in [1.165, 1.54) is 4.90 Å². The molecule has 1 aromatic carbocycles. The van der Waals surface area contributed by atoms with Crippen LogP contribution in [0.5, 0.6) is 11.6 Å². The first-order chi connectivity index (χ1) is 26.1. The number of hydrogen-bond donors (Lipinski definition) is 3. The topological polar surface area (TPSA) is 195 Å². The predicted octanol–water partition coefficient (Wildman–Crippen LogP) is 4.12. The number of carbonyl (C=O) groups excluding carboxylic acids is 4. The number of rotatable bonds is 8. The third-order valence-electron chi connectivity index (χ3n) is 12.0. The fourth-order valence-electron chi connectivity index (χ4n) is 8.07. The minimum Gasteiger partial charge on any atom is -0.497 e. The second kappa shape index (κ2) is 14.9. The Hall–Kier alpha value is -4.47. The largest absolute Gasteiger partial charge is 0.497 e. The van der Waals surface area contributed by atoms with Crippen molar-refractivity contribution in [2.45, 2.75) is 138 Å². The first kappa shape index (κ1) is 38.8. The van der Waals surface area contributed by atoms with Crippen LogP contribution in [0.3, 0.4) is 0 Å². The molecule has 3 aliphatic carbocycles. The number of alkyl carbamates (subject to hydrolysis) is 1. The molecule has 1 aromatic heterocycles. The summed E-state index contributed by atoms with van der Waals surface area (Å²) in [5, 5.41) is 5.72. The Morgan fingerprint density at radius 3 is 2.49 bits per heavy atom. The number of benzene rings is 1. The maximum atomic E-state index is 14.6. The zero-order valence-electron chi connectivity index (χ0n) is 32.0. The van der Waals surface area contributed by atoms with Crippen molar-refractivity contribution in [3.63, 3.8) is 0 Å². The number of nitrogens with zero attached hydrogens (tertiary/aromatic N) is 3. The molecule has 0 radical (unpaired) electrons. The molecule has 3 saturated carbocycles. The zero-order chi connectivity index (χ0) is 39.2. The van der Waals surface area contributed by atoms with E-state index in [9.17, 15) is 27.6 Å². The van der Waals surface area contributed by atoms with Gasteiger partial charge in [-0.25, -0.2) is 23.2 Å². The number of nitrogens with one attached hydrogen (secondary N) is 3.